The Bertz CT molecular complexity index is 461. The van der Waals surface area contributed by atoms with Crippen molar-refractivity contribution in [1.29, 1.82) is 0 Å². The molecule has 1 rings (SSSR count). The minimum Gasteiger partial charge on any atom is -0.497 e. The zero-order valence-electron chi connectivity index (χ0n) is 13.3. The van der Waals surface area contributed by atoms with Crippen molar-refractivity contribution in [1.82, 2.24) is 5.32 Å². The fourth-order valence-corrected chi connectivity index (χ4v) is 1.87. The van der Waals surface area contributed by atoms with Gasteiger partial charge in [-0.15, -0.1) is 0 Å². The molecule has 0 aliphatic carbocycles. The number of rotatable bonds is 8. The molecule has 0 fully saturated rings. The van der Waals surface area contributed by atoms with E-state index >= 15 is 0 Å². The molecule has 2 unspecified atom stereocenters. The van der Waals surface area contributed by atoms with Crippen molar-refractivity contribution in [2.24, 2.45) is 5.73 Å². The third-order valence-electron chi connectivity index (χ3n) is 3.19. The molecule has 0 spiro atoms. The lowest BCUT2D eigenvalue weighted by Crippen LogP contribution is -2.35. The molecule has 118 valence electrons. The van der Waals surface area contributed by atoms with Crippen LogP contribution in [0.4, 0.5) is 0 Å². The fraction of sp³-hybridized carbons (Fsp3) is 0.562. The maximum absolute atomic E-state index is 11.8. The number of hydrogen-bond acceptors (Lipinski definition) is 4. The van der Waals surface area contributed by atoms with Gasteiger partial charge in [-0.3, -0.25) is 4.79 Å². The van der Waals surface area contributed by atoms with E-state index in [9.17, 15) is 4.79 Å². The van der Waals surface area contributed by atoms with Gasteiger partial charge in [0.25, 0.3) is 5.91 Å². The van der Waals surface area contributed by atoms with Crippen LogP contribution in [0.25, 0.3) is 0 Å². The van der Waals surface area contributed by atoms with E-state index in [2.05, 4.69) is 5.32 Å². The van der Waals surface area contributed by atoms with Gasteiger partial charge in [-0.05, 0) is 38.3 Å². The highest BCUT2D eigenvalue weighted by atomic mass is 16.5. The molecule has 0 aromatic heterocycles. The Morgan fingerprint density at radius 2 is 2.10 bits per heavy atom. The maximum Gasteiger partial charge on any atom is 0.258 e. The van der Waals surface area contributed by atoms with Crippen LogP contribution in [0.3, 0.4) is 0 Å². The monoisotopic (exact) mass is 294 g/mol. The Kier molecular flexibility index (Phi) is 7.02. The number of nitrogens with one attached hydrogen (secondary N) is 1. The van der Waals surface area contributed by atoms with E-state index in [0.717, 1.165) is 12.0 Å². The van der Waals surface area contributed by atoms with Gasteiger partial charge in [0, 0.05) is 18.2 Å². The van der Waals surface area contributed by atoms with E-state index in [1.165, 1.54) is 0 Å². The molecule has 5 nitrogen and oxygen atoms in total. The van der Waals surface area contributed by atoms with Crippen molar-refractivity contribution in [2.45, 2.75) is 45.7 Å². The Hall–Kier alpha value is -1.75. The van der Waals surface area contributed by atoms with Crippen LogP contribution in [-0.4, -0.2) is 31.7 Å². The normalized spacial score (nSPS) is 13.4. The second-order valence-corrected chi connectivity index (χ2v) is 5.32. The van der Waals surface area contributed by atoms with Crippen LogP contribution in [0.5, 0.6) is 11.5 Å². The third-order valence-corrected chi connectivity index (χ3v) is 3.19. The maximum atomic E-state index is 11.8. The van der Waals surface area contributed by atoms with Gasteiger partial charge >= 0.3 is 0 Å². The summed E-state index contributed by atoms with van der Waals surface area (Å²) in [4.78, 5) is 11.8. The average Bonchev–Trinajstić information content (AvgIpc) is 2.45. The Morgan fingerprint density at radius 3 is 2.67 bits per heavy atom. The predicted octanol–water partition coefficient (Wildman–Crippen LogP) is 1.88. The topological polar surface area (TPSA) is 73.6 Å². The standard InChI is InChI=1S/C16H26N2O3/c1-5-12(3)18-16(19)10-21-15-9-14(20-4)7-6-13(15)8-11(2)17/h6-7,9,11-12H,5,8,10,17H2,1-4H3,(H,18,19). The number of carbonyl (C=O) groups is 1. The molecular formula is C16H26N2O3. The lowest BCUT2D eigenvalue weighted by atomic mass is 10.1. The Morgan fingerprint density at radius 1 is 1.38 bits per heavy atom. The summed E-state index contributed by atoms with van der Waals surface area (Å²) in [5, 5.41) is 2.87. The van der Waals surface area contributed by atoms with E-state index in [0.29, 0.717) is 17.9 Å². The van der Waals surface area contributed by atoms with Crippen LogP contribution in [-0.2, 0) is 11.2 Å². The summed E-state index contributed by atoms with van der Waals surface area (Å²) < 4.78 is 10.8. The Labute approximate surface area is 126 Å². The summed E-state index contributed by atoms with van der Waals surface area (Å²) in [6.07, 6.45) is 1.58. The summed E-state index contributed by atoms with van der Waals surface area (Å²) in [5.41, 5.74) is 6.81. The average molecular weight is 294 g/mol. The molecule has 3 N–H and O–H groups in total. The van der Waals surface area contributed by atoms with E-state index in [1.807, 2.05) is 32.9 Å². The molecule has 0 aliphatic rings. The number of methoxy groups -OCH3 is 1. The molecule has 0 saturated carbocycles. The van der Waals surface area contributed by atoms with Crippen LogP contribution in [0.15, 0.2) is 18.2 Å². The summed E-state index contributed by atoms with van der Waals surface area (Å²) >= 11 is 0. The second kappa shape index (κ2) is 8.52. The number of ether oxygens (including phenoxy) is 2. The van der Waals surface area contributed by atoms with Crippen molar-refractivity contribution >= 4 is 5.91 Å². The second-order valence-electron chi connectivity index (χ2n) is 5.32. The van der Waals surface area contributed by atoms with Crippen LogP contribution in [0.1, 0.15) is 32.8 Å². The van der Waals surface area contributed by atoms with Crippen molar-refractivity contribution < 1.29 is 14.3 Å². The van der Waals surface area contributed by atoms with E-state index < -0.39 is 0 Å². The van der Waals surface area contributed by atoms with Gasteiger partial charge in [0.05, 0.1) is 7.11 Å². The van der Waals surface area contributed by atoms with Gasteiger partial charge < -0.3 is 20.5 Å². The summed E-state index contributed by atoms with van der Waals surface area (Å²) in [5.74, 6) is 1.21. The van der Waals surface area contributed by atoms with Gasteiger partial charge in [-0.25, -0.2) is 0 Å². The first-order valence-electron chi connectivity index (χ1n) is 7.30. The summed E-state index contributed by atoms with van der Waals surface area (Å²) in [6.45, 7) is 5.91. The van der Waals surface area contributed by atoms with Gasteiger partial charge in [-0.1, -0.05) is 13.0 Å². The minimum absolute atomic E-state index is 0.0105. The molecule has 0 bridgehead atoms. The van der Waals surface area contributed by atoms with Gasteiger partial charge in [0.15, 0.2) is 6.61 Å². The minimum atomic E-state index is -0.126. The largest absolute Gasteiger partial charge is 0.497 e. The number of nitrogens with two attached hydrogens (primary N) is 1. The molecule has 1 amide bonds. The molecular weight excluding hydrogens is 268 g/mol. The number of hydrogen-bond donors (Lipinski definition) is 2. The molecule has 0 heterocycles. The van der Waals surface area contributed by atoms with Gasteiger partial charge in [0.1, 0.15) is 11.5 Å². The highest BCUT2D eigenvalue weighted by Gasteiger charge is 2.11. The van der Waals surface area contributed by atoms with Crippen molar-refractivity contribution in [2.75, 3.05) is 13.7 Å². The molecule has 2 atom stereocenters. The first-order valence-corrected chi connectivity index (χ1v) is 7.30. The first-order chi connectivity index (χ1) is 9.96. The summed E-state index contributed by atoms with van der Waals surface area (Å²) in [6, 6.07) is 5.74. The van der Waals surface area contributed by atoms with Crippen LogP contribution >= 0.6 is 0 Å². The molecule has 0 aliphatic heterocycles. The smallest absolute Gasteiger partial charge is 0.258 e. The van der Waals surface area contributed by atoms with Crippen molar-refractivity contribution in [3.05, 3.63) is 23.8 Å². The van der Waals surface area contributed by atoms with Crippen molar-refractivity contribution in [3.8, 4) is 11.5 Å². The molecule has 21 heavy (non-hydrogen) atoms. The lowest BCUT2D eigenvalue weighted by molar-refractivity contribution is -0.123. The van der Waals surface area contributed by atoms with Crippen LogP contribution < -0.4 is 20.5 Å². The van der Waals surface area contributed by atoms with Gasteiger partial charge in [-0.2, -0.15) is 0 Å². The van der Waals surface area contributed by atoms with E-state index in [4.69, 9.17) is 15.2 Å². The van der Waals surface area contributed by atoms with Gasteiger partial charge in [0.2, 0.25) is 0 Å². The zero-order chi connectivity index (χ0) is 15.8. The highest BCUT2D eigenvalue weighted by Crippen LogP contribution is 2.25. The molecule has 1 aromatic rings. The quantitative estimate of drug-likeness (QED) is 0.768. The molecule has 1 aromatic carbocycles. The molecule has 0 radical (unpaired) electrons. The van der Waals surface area contributed by atoms with E-state index in [1.54, 1.807) is 13.2 Å². The molecule has 0 saturated heterocycles. The number of carbonyl (C=O) groups excluding carboxylic acids is 1. The van der Waals surface area contributed by atoms with Crippen LogP contribution in [0.2, 0.25) is 0 Å². The number of benzene rings is 1. The van der Waals surface area contributed by atoms with Crippen LogP contribution in [0, 0.1) is 0 Å². The predicted molar refractivity (Wildman–Crippen MR) is 83.7 cm³/mol. The molecule has 5 heteroatoms. The fourth-order valence-electron chi connectivity index (χ4n) is 1.87. The van der Waals surface area contributed by atoms with E-state index in [-0.39, 0.29) is 24.6 Å². The SMILES string of the molecule is CCC(C)NC(=O)COc1cc(OC)ccc1CC(C)N. The Balaban J connectivity index is 2.72. The lowest BCUT2D eigenvalue weighted by Gasteiger charge is -2.15. The first kappa shape index (κ1) is 17.3. The summed E-state index contributed by atoms with van der Waals surface area (Å²) in [7, 11) is 1.60. The zero-order valence-corrected chi connectivity index (χ0v) is 13.3. The number of amides is 1. The highest BCUT2D eigenvalue weighted by molar-refractivity contribution is 5.77. The van der Waals surface area contributed by atoms with Crippen molar-refractivity contribution in [3.63, 3.8) is 0 Å². The third kappa shape index (κ3) is 6.04.